The number of hydrogen-bond acceptors (Lipinski definition) is 4. The van der Waals surface area contributed by atoms with Gasteiger partial charge in [0.05, 0.1) is 7.11 Å². The van der Waals surface area contributed by atoms with Crippen molar-refractivity contribution in [2.45, 2.75) is 6.42 Å². The minimum atomic E-state index is 0.872. The molecule has 4 nitrogen and oxygen atoms in total. The summed E-state index contributed by atoms with van der Waals surface area (Å²) < 4.78 is 5.24. The maximum absolute atomic E-state index is 5.24. The van der Waals surface area contributed by atoms with Crippen LogP contribution >= 0.6 is 0 Å². The Morgan fingerprint density at radius 1 is 1.26 bits per heavy atom. The second-order valence-electron chi connectivity index (χ2n) is 4.83. The minimum absolute atomic E-state index is 0.872. The third-order valence-corrected chi connectivity index (χ3v) is 3.05. The first kappa shape index (κ1) is 13.6. The molecule has 0 saturated carbocycles. The molecule has 0 aliphatic heterocycles. The second kappa shape index (κ2) is 6.38. The first-order valence-corrected chi connectivity index (χ1v) is 6.52. The van der Waals surface area contributed by atoms with Gasteiger partial charge in [-0.15, -0.1) is 0 Å². The van der Waals surface area contributed by atoms with Crippen molar-refractivity contribution in [3.8, 4) is 5.75 Å². The molecule has 2 aromatic rings. The molecule has 0 aliphatic carbocycles. The van der Waals surface area contributed by atoms with E-state index >= 15 is 0 Å². The zero-order valence-electron chi connectivity index (χ0n) is 11.8. The summed E-state index contributed by atoms with van der Waals surface area (Å²) >= 11 is 0. The maximum atomic E-state index is 5.24. The van der Waals surface area contributed by atoms with Gasteiger partial charge < -0.3 is 15.0 Å². The van der Waals surface area contributed by atoms with Gasteiger partial charge in [0.25, 0.3) is 0 Å². The lowest BCUT2D eigenvalue weighted by Crippen LogP contribution is -2.16. The second-order valence-corrected chi connectivity index (χ2v) is 4.83. The molecule has 1 aromatic carbocycles. The van der Waals surface area contributed by atoms with Crippen LogP contribution in [0.25, 0.3) is 10.8 Å². The fraction of sp³-hybridized carbons (Fsp3) is 0.400. The molecule has 102 valence electrons. The average molecular weight is 259 g/mol. The van der Waals surface area contributed by atoms with E-state index in [4.69, 9.17) is 4.74 Å². The molecule has 0 amide bonds. The summed E-state index contributed by atoms with van der Waals surface area (Å²) in [6, 6.07) is 8.05. The summed E-state index contributed by atoms with van der Waals surface area (Å²) in [7, 11) is 5.85. The minimum Gasteiger partial charge on any atom is -0.497 e. The van der Waals surface area contributed by atoms with Gasteiger partial charge in [-0.2, -0.15) is 0 Å². The molecule has 19 heavy (non-hydrogen) atoms. The molecule has 1 heterocycles. The highest BCUT2D eigenvalue weighted by atomic mass is 16.5. The summed E-state index contributed by atoms with van der Waals surface area (Å²) in [5, 5.41) is 5.68. The molecule has 0 fully saturated rings. The molecule has 4 heteroatoms. The van der Waals surface area contributed by atoms with E-state index in [-0.39, 0.29) is 0 Å². The van der Waals surface area contributed by atoms with Crippen molar-refractivity contribution < 1.29 is 4.74 Å². The lowest BCUT2D eigenvalue weighted by molar-refractivity contribution is 0.405. The van der Waals surface area contributed by atoms with Crippen LogP contribution in [0.4, 0.5) is 5.82 Å². The van der Waals surface area contributed by atoms with Gasteiger partial charge in [0.15, 0.2) is 0 Å². The summed E-state index contributed by atoms with van der Waals surface area (Å²) in [6.45, 7) is 2.00. The van der Waals surface area contributed by atoms with Crippen molar-refractivity contribution in [3.63, 3.8) is 0 Å². The number of benzene rings is 1. The Balaban J connectivity index is 2.10. The lowest BCUT2D eigenvalue weighted by atomic mass is 10.1. The van der Waals surface area contributed by atoms with Gasteiger partial charge in [-0.25, -0.2) is 4.98 Å². The molecule has 0 spiro atoms. The molecular weight excluding hydrogens is 238 g/mol. The van der Waals surface area contributed by atoms with Crippen LogP contribution in [-0.2, 0) is 0 Å². The summed E-state index contributed by atoms with van der Waals surface area (Å²) in [4.78, 5) is 6.60. The maximum Gasteiger partial charge on any atom is 0.133 e. The van der Waals surface area contributed by atoms with Crippen LogP contribution in [0.1, 0.15) is 6.42 Å². The number of pyridine rings is 1. The Kier molecular flexibility index (Phi) is 4.58. The predicted molar refractivity (Wildman–Crippen MR) is 80.0 cm³/mol. The summed E-state index contributed by atoms with van der Waals surface area (Å²) in [5.41, 5.74) is 0. The van der Waals surface area contributed by atoms with E-state index in [1.807, 2.05) is 24.4 Å². The van der Waals surface area contributed by atoms with E-state index in [1.54, 1.807) is 7.11 Å². The number of nitrogens with one attached hydrogen (secondary N) is 1. The monoisotopic (exact) mass is 259 g/mol. The highest BCUT2D eigenvalue weighted by Crippen LogP contribution is 2.25. The smallest absolute Gasteiger partial charge is 0.133 e. The number of anilines is 1. The number of methoxy groups -OCH3 is 1. The van der Waals surface area contributed by atoms with Gasteiger partial charge >= 0.3 is 0 Å². The molecule has 0 bridgehead atoms. The molecule has 0 saturated heterocycles. The van der Waals surface area contributed by atoms with E-state index < -0.39 is 0 Å². The van der Waals surface area contributed by atoms with Crippen molar-refractivity contribution in [2.75, 3.05) is 39.6 Å². The van der Waals surface area contributed by atoms with Gasteiger partial charge in [0.1, 0.15) is 11.6 Å². The highest BCUT2D eigenvalue weighted by molar-refractivity contribution is 5.92. The van der Waals surface area contributed by atoms with E-state index in [1.165, 1.54) is 0 Å². The number of hydrogen-bond donors (Lipinski definition) is 1. The molecule has 0 aliphatic rings. The molecular formula is C15H21N3O. The first-order chi connectivity index (χ1) is 9.20. The van der Waals surface area contributed by atoms with Crippen LogP contribution in [0.3, 0.4) is 0 Å². The molecule has 1 aromatic heterocycles. The SMILES string of the molecule is COc1ccc2c(NCCCN(C)C)nccc2c1. The third kappa shape index (κ3) is 3.58. The summed E-state index contributed by atoms with van der Waals surface area (Å²) in [5.74, 6) is 1.82. The fourth-order valence-corrected chi connectivity index (χ4v) is 2.03. The molecule has 2 rings (SSSR count). The largest absolute Gasteiger partial charge is 0.497 e. The molecule has 0 radical (unpaired) electrons. The Morgan fingerprint density at radius 2 is 2.11 bits per heavy atom. The number of nitrogens with zero attached hydrogens (tertiary/aromatic N) is 2. The van der Waals surface area contributed by atoms with Crippen molar-refractivity contribution in [1.82, 2.24) is 9.88 Å². The Bertz CT molecular complexity index is 540. The van der Waals surface area contributed by atoms with E-state index in [0.29, 0.717) is 0 Å². The fourth-order valence-electron chi connectivity index (χ4n) is 2.03. The number of aromatic nitrogens is 1. The Morgan fingerprint density at radius 3 is 2.84 bits per heavy atom. The third-order valence-electron chi connectivity index (χ3n) is 3.05. The normalized spacial score (nSPS) is 10.9. The van der Waals surface area contributed by atoms with Crippen LogP contribution in [-0.4, -0.2) is 44.2 Å². The van der Waals surface area contributed by atoms with E-state index in [2.05, 4.69) is 35.4 Å². The topological polar surface area (TPSA) is 37.4 Å². The van der Waals surface area contributed by atoms with Crippen molar-refractivity contribution in [2.24, 2.45) is 0 Å². The number of rotatable bonds is 6. The summed E-state index contributed by atoms with van der Waals surface area (Å²) in [6.07, 6.45) is 2.93. The van der Waals surface area contributed by atoms with Crippen LogP contribution < -0.4 is 10.1 Å². The zero-order valence-corrected chi connectivity index (χ0v) is 11.8. The standard InChI is InChI=1S/C15H21N3O/c1-18(2)10-4-8-16-15-14-6-5-13(19-3)11-12(14)7-9-17-15/h5-7,9,11H,4,8,10H2,1-3H3,(H,16,17). The average Bonchev–Trinajstić information content (AvgIpc) is 2.42. The molecule has 1 N–H and O–H groups in total. The van der Waals surface area contributed by atoms with E-state index in [9.17, 15) is 0 Å². The van der Waals surface area contributed by atoms with Crippen molar-refractivity contribution >= 4 is 16.6 Å². The van der Waals surface area contributed by atoms with Crippen LogP contribution in [0.5, 0.6) is 5.75 Å². The van der Waals surface area contributed by atoms with Gasteiger partial charge in [-0.05, 0) is 56.7 Å². The quantitative estimate of drug-likeness (QED) is 0.809. The molecule has 0 unspecified atom stereocenters. The highest BCUT2D eigenvalue weighted by Gasteiger charge is 2.03. The van der Waals surface area contributed by atoms with Crippen molar-refractivity contribution in [3.05, 3.63) is 30.5 Å². The van der Waals surface area contributed by atoms with E-state index in [0.717, 1.165) is 41.9 Å². The predicted octanol–water partition coefficient (Wildman–Crippen LogP) is 2.61. The van der Waals surface area contributed by atoms with Crippen LogP contribution in [0, 0.1) is 0 Å². The van der Waals surface area contributed by atoms with Gasteiger partial charge in [0, 0.05) is 18.1 Å². The van der Waals surface area contributed by atoms with Gasteiger partial charge in [-0.3, -0.25) is 0 Å². The Hall–Kier alpha value is -1.81. The molecule has 0 atom stereocenters. The first-order valence-electron chi connectivity index (χ1n) is 6.52. The van der Waals surface area contributed by atoms with Crippen LogP contribution in [0.2, 0.25) is 0 Å². The van der Waals surface area contributed by atoms with Gasteiger partial charge in [-0.1, -0.05) is 0 Å². The van der Waals surface area contributed by atoms with Gasteiger partial charge in [0.2, 0.25) is 0 Å². The lowest BCUT2D eigenvalue weighted by Gasteiger charge is -2.12. The number of fused-ring (bicyclic) bond motifs is 1. The Labute approximate surface area is 114 Å². The number of ether oxygens (including phenoxy) is 1. The zero-order chi connectivity index (χ0) is 13.7. The van der Waals surface area contributed by atoms with Crippen molar-refractivity contribution in [1.29, 1.82) is 0 Å². The van der Waals surface area contributed by atoms with Crippen LogP contribution in [0.15, 0.2) is 30.5 Å².